The molecule has 2 N–H and O–H groups in total. The summed E-state index contributed by atoms with van der Waals surface area (Å²) in [6.45, 7) is 1.30. The smallest absolute Gasteiger partial charge is 0.255 e. The standard InChI is InChI=1S/C19H19BrN2O3/c20-15-4-1-3-14(11-15)19(24)22-16-8-6-13(7-9-16)18(23)21-12-17-5-2-10-25-17/h1,3-4,6-9,11,17H,2,5,10,12H2,(H,21,23)(H,22,24)/t17-/m0/s1. The highest BCUT2D eigenvalue weighted by molar-refractivity contribution is 9.10. The molecule has 5 nitrogen and oxygen atoms in total. The second-order valence-electron chi connectivity index (χ2n) is 5.89. The van der Waals surface area contributed by atoms with Gasteiger partial charge < -0.3 is 15.4 Å². The predicted octanol–water partition coefficient (Wildman–Crippen LogP) is 3.61. The predicted molar refractivity (Wildman–Crippen MR) is 99.8 cm³/mol. The quantitative estimate of drug-likeness (QED) is 0.802. The number of carbonyl (C=O) groups excluding carboxylic acids is 2. The fraction of sp³-hybridized carbons (Fsp3) is 0.263. The molecule has 0 aromatic heterocycles. The lowest BCUT2D eigenvalue weighted by molar-refractivity contribution is 0.0857. The van der Waals surface area contributed by atoms with Crippen LogP contribution in [0.4, 0.5) is 5.69 Å². The average Bonchev–Trinajstić information content (AvgIpc) is 3.14. The van der Waals surface area contributed by atoms with Gasteiger partial charge in [0.25, 0.3) is 11.8 Å². The first-order valence-electron chi connectivity index (χ1n) is 8.18. The van der Waals surface area contributed by atoms with Crippen LogP contribution >= 0.6 is 15.9 Å². The van der Waals surface area contributed by atoms with E-state index < -0.39 is 0 Å². The van der Waals surface area contributed by atoms with Gasteiger partial charge in [0.2, 0.25) is 0 Å². The van der Waals surface area contributed by atoms with Gasteiger partial charge in [-0.1, -0.05) is 22.0 Å². The van der Waals surface area contributed by atoms with Crippen molar-refractivity contribution >= 4 is 33.4 Å². The summed E-state index contributed by atoms with van der Waals surface area (Å²) in [5, 5.41) is 5.69. The molecule has 25 heavy (non-hydrogen) atoms. The molecule has 0 spiro atoms. The number of hydrogen-bond donors (Lipinski definition) is 2. The monoisotopic (exact) mass is 402 g/mol. The maximum atomic E-state index is 12.2. The first-order valence-corrected chi connectivity index (χ1v) is 8.98. The van der Waals surface area contributed by atoms with E-state index in [2.05, 4.69) is 26.6 Å². The Balaban J connectivity index is 1.56. The van der Waals surface area contributed by atoms with Crippen molar-refractivity contribution in [2.45, 2.75) is 18.9 Å². The molecule has 2 aromatic rings. The first-order chi connectivity index (χ1) is 12.1. The van der Waals surface area contributed by atoms with Crippen LogP contribution in [0.1, 0.15) is 33.6 Å². The highest BCUT2D eigenvalue weighted by Gasteiger charge is 2.16. The molecule has 3 rings (SSSR count). The van der Waals surface area contributed by atoms with Gasteiger partial charge >= 0.3 is 0 Å². The zero-order chi connectivity index (χ0) is 17.6. The maximum absolute atomic E-state index is 12.2. The molecule has 0 bridgehead atoms. The number of ether oxygens (including phenoxy) is 1. The van der Waals surface area contributed by atoms with Crippen LogP contribution in [0, 0.1) is 0 Å². The van der Waals surface area contributed by atoms with Crippen LogP contribution in [0.15, 0.2) is 53.0 Å². The number of anilines is 1. The average molecular weight is 403 g/mol. The third kappa shape index (κ3) is 4.90. The molecule has 6 heteroatoms. The van der Waals surface area contributed by atoms with Crippen LogP contribution in [0.3, 0.4) is 0 Å². The molecule has 1 heterocycles. The summed E-state index contributed by atoms with van der Waals surface area (Å²) in [6.07, 6.45) is 2.15. The molecule has 2 amide bonds. The van der Waals surface area contributed by atoms with Gasteiger partial charge in [0.1, 0.15) is 0 Å². The molecule has 1 saturated heterocycles. The topological polar surface area (TPSA) is 67.4 Å². The molecule has 130 valence electrons. The van der Waals surface area contributed by atoms with Crippen LogP contribution in [0.2, 0.25) is 0 Å². The number of halogens is 1. The highest BCUT2D eigenvalue weighted by Crippen LogP contribution is 2.15. The molecule has 2 aromatic carbocycles. The van der Waals surface area contributed by atoms with Crippen molar-refractivity contribution in [2.75, 3.05) is 18.5 Å². The maximum Gasteiger partial charge on any atom is 0.255 e. The Morgan fingerprint density at radius 2 is 1.88 bits per heavy atom. The van der Waals surface area contributed by atoms with Crippen LogP contribution in [-0.2, 0) is 4.74 Å². The van der Waals surface area contributed by atoms with Gasteiger partial charge in [-0.05, 0) is 55.3 Å². The Morgan fingerprint density at radius 1 is 1.08 bits per heavy atom. The zero-order valence-electron chi connectivity index (χ0n) is 13.6. The molecule has 1 atom stereocenters. The lowest BCUT2D eigenvalue weighted by Crippen LogP contribution is -2.31. The summed E-state index contributed by atoms with van der Waals surface area (Å²) in [5.41, 5.74) is 1.76. The van der Waals surface area contributed by atoms with E-state index in [9.17, 15) is 9.59 Å². The van der Waals surface area contributed by atoms with Crippen molar-refractivity contribution in [2.24, 2.45) is 0 Å². The van der Waals surface area contributed by atoms with E-state index in [4.69, 9.17) is 4.74 Å². The number of hydrogen-bond acceptors (Lipinski definition) is 3. The molecular weight excluding hydrogens is 384 g/mol. The second kappa shape index (κ2) is 8.27. The van der Waals surface area contributed by atoms with E-state index in [1.54, 1.807) is 42.5 Å². The lowest BCUT2D eigenvalue weighted by atomic mass is 10.1. The Bertz CT molecular complexity index is 756. The summed E-state index contributed by atoms with van der Waals surface area (Å²) in [4.78, 5) is 24.3. The number of amides is 2. The second-order valence-corrected chi connectivity index (χ2v) is 6.80. The van der Waals surface area contributed by atoms with Crippen molar-refractivity contribution in [3.8, 4) is 0 Å². The van der Waals surface area contributed by atoms with Crippen LogP contribution in [0.25, 0.3) is 0 Å². The SMILES string of the molecule is O=C(NC[C@@H]1CCCO1)c1ccc(NC(=O)c2cccc(Br)c2)cc1. The van der Waals surface area contributed by atoms with Crippen molar-refractivity contribution in [1.29, 1.82) is 0 Å². The lowest BCUT2D eigenvalue weighted by Gasteiger charge is -2.11. The fourth-order valence-corrected chi connectivity index (χ4v) is 3.05. The number of nitrogens with one attached hydrogen (secondary N) is 2. The molecule has 0 aliphatic carbocycles. The van der Waals surface area contributed by atoms with Gasteiger partial charge in [0.15, 0.2) is 0 Å². The van der Waals surface area contributed by atoms with E-state index >= 15 is 0 Å². The van der Waals surface area contributed by atoms with Gasteiger partial charge in [0.05, 0.1) is 6.10 Å². The van der Waals surface area contributed by atoms with E-state index in [1.807, 2.05) is 6.07 Å². The molecule has 0 unspecified atom stereocenters. The van der Waals surface area contributed by atoms with Crippen molar-refractivity contribution < 1.29 is 14.3 Å². The van der Waals surface area contributed by atoms with E-state index in [0.29, 0.717) is 23.4 Å². The van der Waals surface area contributed by atoms with Gasteiger partial charge in [-0.2, -0.15) is 0 Å². The minimum Gasteiger partial charge on any atom is -0.376 e. The van der Waals surface area contributed by atoms with E-state index in [1.165, 1.54) is 0 Å². The third-order valence-electron chi connectivity index (χ3n) is 4.01. The van der Waals surface area contributed by atoms with Crippen LogP contribution in [-0.4, -0.2) is 31.1 Å². The summed E-state index contributed by atoms with van der Waals surface area (Å²) in [6, 6.07) is 14.0. The van der Waals surface area contributed by atoms with Crippen molar-refractivity contribution in [3.05, 3.63) is 64.1 Å². The Labute approximate surface area is 154 Å². The Morgan fingerprint density at radius 3 is 2.56 bits per heavy atom. The molecule has 0 radical (unpaired) electrons. The van der Waals surface area contributed by atoms with Gasteiger partial charge in [-0.25, -0.2) is 0 Å². The zero-order valence-corrected chi connectivity index (χ0v) is 15.2. The summed E-state index contributed by atoms with van der Waals surface area (Å²) in [5.74, 6) is -0.336. The molecule has 1 fully saturated rings. The molecular formula is C19H19BrN2O3. The van der Waals surface area contributed by atoms with Gasteiger partial charge in [-0.15, -0.1) is 0 Å². The molecule has 1 aliphatic rings. The largest absolute Gasteiger partial charge is 0.376 e. The number of benzene rings is 2. The van der Waals surface area contributed by atoms with Gasteiger partial charge in [0, 0.05) is 34.4 Å². The molecule has 0 saturated carbocycles. The Kier molecular flexibility index (Phi) is 5.83. The van der Waals surface area contributed by atoms with E-state index in [-0.39, 0.29) is 17.9 Å². The first kappa shape index (κ1) is 17.6. The number of rotatable bonds is 5. The highest BCUT2D eigenvalue weighted by atomic mass is 79.9. The summed E-state index contributed by atoms with van der Waals surface area (Å²) in [7, 11) is 0. The van der Waals surface area contributed by atoms with Crippen molar-refractivity contribution in [1.82, 2.24) is 5.32 Å². The van der Waals surface area contributed by atoms with E-state index in [0.717, 1.165) is 23.9 Å². The minimum atomic E-state index is -0.197. The Hall–Kier alpha value is -2.18. The summed E-state index contributed by atoms with van der Waals surface area (Å²) < 4.78 is 6.33. The number of carbonyl (C=O) groups is 2. The minimum absolute atomic E-state index is 0.118. The summed E-state index contributed by atoms with van der Waals surface area (Å²) >= 11 is 3.35. The van der Waals surface area contributed by atoms with Crippen LogP contribution < -0.4 is 10.6 Å². The normalized spacial score (nSPS) is 16.4. The van der Waals surface area contributed by atoms with Crippen LogP contribution in [0.5, 0.6) is 0 Å². The molecule has 1 aliphatic heterocycles. The third-order valence-corrected chi connectivity index (χ3v) is 4.50. The van der Waals surface area contributed by atoms with Crippen molar-refractivity contribution in [3.63, 3.8) is 0 Å². The fourth-order valence-electron chi connectivity index (χ4n) is 2.65. The van der Waals surface area contributed by atoms with Gasteiger partial charge in [-0.3, -0.25) is 9.59 Å².